The highest BCUT2D eigenvalue weighted by molar-refractivity contribution is 6.31. The van der Waals surface area contributed by atoms with Gasteiger partial charge in [-0.2, -0.15) is 0 Å². The summed E-state index contributed by atoms with van der Waals surface area (Å²) in [6, 6.07) is 8.05. The van der Waals surface area contributed by atoms with Crippen molar-refractivity contribution in [2.24, 2.45) is 5.41 Å². The maximum absolute atomic E-state index is 6.16. The lowest BCUT2D eigenvalue weighted by molar-refractivity contribution is 0.314. The highest BCUT2D eigenvalue weighted by Gasteiger charge is 2.09. The summed E-state index contributed by atoms with van der Waals surface area (Å²) in [6.07, 6.45) is 1.21. The maximum atomic E-state index is 6.16. The van der Waals surface area contributed by atoms with Crippen molar-refractivity contribution in [1.82, 2.24) is 10.2 Å². The summed E-state index contributed by atoms with van der Waals surface area (Å²) >= 11 is 6.16. The number of hydrogen-bond donors (Lipinski definition) is 1. The van der Waals surface area contributed by atoms with E-state index in [2.05, 4.69) is 44.1 Å². The topological polar surface area (TPSA) is 15.3 Å². The largest absolute Gasteiger partial charge is 0.315 e. The zero-order chi connectivity index (χ0) is 14.3. The Bertz CT molecular complexity index is 371. The lowest BCUT2D eigenvalue weighted by Crippen LogP contribution is -2.30. The van der Waals surface area contributed by atoms with Crippen molar-refractivity contribution in [1.29, 1.82) is 0 Å². The Morgan fingerprint density at radius 1 is 1.16 bits per heavy atom. The van der Waals surface area contributed by atoms with Gasteiger partial charge < -0.3 is 10.2 Å². The molecule has 0 heterocycles. The Morgan fingerprint density at radius 3 is 2.47 bits per heavy atom. The van der Waals surface area contributed by atoms with Gasteiger partial charge in [0.1, 0.15) is 0 Å². The van der Waals surface area contributed by atoms with Crippen molar-refractivity contribution >= 4 is 11.6 Å². The summed E-state index contributed by atoms with van der Waals surface area (Å²) in [5.41, 5.74) is 1.61. The third-order valence-electron chi connectivity index (χ3n) is 3.12. The Balaban J connectivity index is 2.18. The SMILES string of the molecule is CN(CCNCCC(C)(C)C)Cc1ccccc1Cl. The fourth-order valence-corrected chi connectivity index (χ4v) is 2.05. The standard InChI is InChI=1S/C16H27ClN2/c1-16(2,3)9-10-18-11-12-19(4)13-14-7-5-6-8-15(14)17/h5-8,18H,9-13H2,1-4H3. The van der Waals surface area contributed by atoms with E-state index in [1.807, 2.05) is 18.2 Å². The highest BCUT2D eigenvalue weighted by Crippen LogP contribution is 2.17. The van der Waals surface area contributed by atoms with Gasteiger partial charge in [-0.1, -0.05) is 50.6 Å². The van der Waals surface area contributed by atoms with Crippen molar-refractivity contribution < 1.29 is 0 Å². The molecule has 0 aliphatic carbocycles. The van der Waals surface area contributed by atoms with Gasteiger partial charge in [0.25, 0.3) is 0 Å². The van der Waals surface area contributed by atoms with E-state index in [0.29, 0.717) is 5.41 Å². The molecule has 1 aromatic rings. The van der Waals surface area contributed by atoms with Gasteiger partial charge in [0, 0.05) is 24.7 Å². The predicted octanol–water partition coefficient (Wildman–Crippen LogP) is 3.80. The van der Waals surface area contributed by atoms with E-state index in [4.69, 9.17) is 11.6 Å². The number of hydrogen-bond acceptors (Lipinski definition) is 2. The Morgan fingerprint density at radius 2 is 1.84 bits per heavy atom. The minimum absolute atomic E-state index is 0.413. The molecule has 2 nitrogen and oxygen atoms in total. The first-order chi connectivity index (χ1) is 8.88. The van der Waals surface area contributed by atoms with E-state index in [9.17, 15) is 0 Å². The summed E-state index contributed by atoms with van der Waals surface area (Å²) < 4.78 is 0. The van der Waals surface area contributed by atoms with Crippen LogP contribution in [-0.2, 0) is 6.54 Å². The third kappa shape index (κ3) is 7.56. The molecule has 1 N–H and O–H groups in total. The second-order valence-electron chi connectivity index (χ2n) is 6.39. The van der Waals surface area contributed by atoms with Gasteiger partial charge in [-0.15, -0.1) is 0 Å². The Hall–Kier alpha value is -0.570. The summed E-state index contributed by atoms with van der Waals surface area (Å²) in [5, 5.41) is 4.36. The number of rotatable bonds is 7. The summed E-state index contributed by atoms with van der Waals surface area (Å²) in [5.74, 6) is 0. The van der Waals surface area contributed by atoms with Crippen molar-refractivity contribution in [2.75, 3.05) is 26.7 Å². The van der Waals surface area contributed by atoms with Crippen LogP contribution in [0.15, 0.2) is 24.3 Å². The van der Waals surface area contributed by atoms with Crippen LogP contribution in [-0.4, -0.2) is 31.6 Å². The quantitative estimate of drug-likeness (QED) is 0.766. The Kier molecular flexibility index (Phi) is 6.84. The minimum atomic E-state index is 0.413. The number of likely N-dealkylation sites (N-methyl/N-ethyl adjacent to an activating group) is 1. The summed E-state index contributed by atoms with van der Waals surface area (Å²) in [4.78, 5) is 2.30. The molecule has 0 aromatic heterocycles. The van der Waals surface area contributed by atoms with Crippen LogP contribution in [0.2, 0.25) is 5.02 Å². The molecule has 3 heteroatoms. The van der Waals surface area contributed by atoms with Gasteiger partial charge in [0.2, 0.25) is 0 Å². The molecule has 0 saturated heterocycles. The van der Waals surface area contributed by atoms with Gasteiger partial charge >= 0.3 is 0 Å². The molecule has 108 valence electrons. The fourth-order valence-electron chi connectivity index (χ4n) is 1.85. The van der Waals surface area contributed by atoms with Crippen LogP contribution >= 0.6 is 11.6 Å². The molecule has 0 unspecified atom stereocenters. The summed E-state index contributed by atoms with van der Waals surface area (Å²) in [7, 11) is 2.13. The van der Waals surface area contributed by atoms with Crippen LogP contribution in [0.1, 0.15) is 32.8 Å². The van der Waals surface area contributed by atoms with Crippen LogP contribution in [0.25, 0.3) is 0 Å². The molecule has 0 fully saturated rings. The van der Waals surface area contributed by atoms with E-state index < -0.39 is 0 Å². The molecule has 0 amide bonds. The smallest absolute Gasteiger partial charge is 0.0451 e. The Labute approximate surface area is 123 Å². The van der Waals surface area contributed by atoms with Crippen LogP contribution in [0, 0.1) is 5.41 Å². The van der Waals surface area contributed by atoms with Gasteiger partial charge in [-0.05, 0) is 37.1 Å². The molecule has 0 atom stereocenters. The third-order valence-corrected chi connectivity index (χ3v) is 3.49. The van der Waals surface area contributed by atoms with Crippen molar-refractivity contribution in [3.8, 4) is 0 Å². The van der Waals surface area contributed by atoms with Gasteiger partial charge in [0.05, 0.1) is 0 Å². The zero-order valence-corrected chi connectivity index (χ0v) is 13.4. The van der Waals surface area contributed by atoms with E-state index in [1.165, 1.54) is 12.0 Å². The molecule has 0 bridgehead atoms. The van der Waals surface area contributed by atoms with E-state index in [1.54, 1.807) is 0 Å². The van der Waals surface area contributed by atoms with Crippen LogP contribution in [0.3, 0.4) is 0 Å². The first kappa shape index (κ1) is 16.5. The molecule has 19 heavy (non-hydrogen) atoms. The molecule has 0 radical (unpaired) electrons. The van der Waals surface area contributed by atoms with Crippen molar-refractivity contribution in [3.05, 3.63) is 34.9 Å². The fraction of sp³-hybridized carbons (Fsp3) is 0.625. The second kappa shape index (κ2) is 7.88. The van der Waals surface area contributed by atoms with Crippen LogP contribution in [0.4, 0.5) is 0 Å². The lowest BCUT2D eigenvalue weighted by Gasteiger charge is -2.20. The normalized spacial score (nSPS) is 12.1. The predicted molar refractivity (Wildman–Crippen MR) is 84.7 cm³/mol. The van der Waals surface area contributed by atoms with Gasteiger partial charge in [-0.3, -0.25) is 0 Å². The van der Waals surface area contributed by atoms with Crippen LogP contribution in [0.5, 0.6) is 0 Å². The first-order valence-corrected chi connectivity index (χ1v) is 7.39. The van der Waals surface area contributed by atoms with Gasteiger partial charge in [0.15, 0.2) is 0 Å². The average molecular weight is 283 g/mol. The van der Waals surface area contributed by atoms with E-state index >= 15 is 0 Å². The molecule has 0 saturated carbocycles. The molecule has 1 rings (SSSR count). The second-order valence-corrected chi connectivity index (χ2v) is 6.80. The van der Waals surface area contributed by atoms with Crippen molar-refractivity contribution in [2.45, 2.75) is 33.7 Å². The van der Waals surface area contributed by atoms with Gasteiger partial charge in [-0.25, -0.2) is 0 Å². The zero-order valence-electron chi connectivity index (χ0n) is 12.7. The molecule has 1 aromatic carbocycles. The monoisotopic (exact) mass is 282 g/mol. The number of nitrogens with zero attached hydrogens (tertiary/aromatic N) is 1. The molecule has 0 aliphatic heterocycles. The van der Waals surface area contributed by atoms with E-state index in [-0.39, 0.29) is 0 Å². The van der Waals surface area contributed by atoms with Crippen molar-refractivity contribution in [3.63, 3.8) is 0 Å². The minimum Gasteiger partial charge on any atom is -0.315 e. The summed E-state index contributed by atoms with van der Waals surface area (Å²) in [6.45, 7) is 10.9. The van der Waals surface area contributed by atoms with Crippen LogP contribution < -0.4 is 5.32 Å². The molecular weight excluding hydrogens is 256 g/mol. The highest BCUT2D eigenvalue weighted by atomic mass is 35.5. The number of halogens is 1. The maximum Gasteiger partial charge on any atom is 0.0451 e. The lowest BCUT2D eigenvalue weighted by atomic mass is 9.92. The van der Waals surface area contributed by atoms with E-state index in [0.717, 1.165) is 31.2 Å². The number of benzene rings is 1. The number of nitrogens with one attached hydrogen (secondary N) is 1. The first-order valence-electron chi connectivity index (χ1n) is 7.01. The molecule has 0 aliphatic rings. The molecule has 0 spiro atoms. The average Bonchev–Trinajstić information content (AvgIpc) is 2.30. The molecular formula is C16H27ClN2.